The van der Waals surface area contributed by atoms with Crippen LogP contribution in [0.25, 0.3) is 10.9 Å². The molecule has 110 valence electrons. The molecular weight excluding hydrogens is 250 g/mol. The molecule has 1 aromatic heterocycles. The van der Waals surface area contributed by atoms with Crippen molar-refractivity contribution in [1.29, 1.82) is 0 Å². The number of aliphatic hydroxyl groups is 1. The molecule has 0 saturated carbocycles. The van der Waals surface area contributed by atoms with Gasteiger partial charge in [0.2, 0.25) is 0 Å². The Morgan fingerprint density at radius 1 is 1.35 bits per heavy atom. The molecule has 0 spiro atoms. The van der Waals surface area contributed by atoms with E-state index in [1.54, 1.807) is 0 Å². The van der Waals surface area contributed by atoms with Crippen LogP contribution < -0.4 is 5.32 Å². The fourth-order valence-corrected chi connectivity index (χ4v) is 2.42. The summed E-state index contributed by atoms with van der Waals surface area (Å²) in [6.45, 7) is 9.52. The van der Waals surface area contributed by atoms with E-state index in [0.29, 0.717) is 19.0 Å². The molecule has 20 heavy (non-hydrogen) atoms. The van der Waals surface area contributed by atoms with Crippen molar-refractivity contribution in [2.24, 2.45) is 0 Å². The van der Waals surface area contributed by atoms with E-state index in [9.17, 15) is 5.11 Å². The highest BCUT2D eigenvalue weighted by Crippen LogP contribution is 2.22. The summed E-state index contributed by atoms with van der Waals surface area (Å²) < 4.78 is 2.00. The van der Waals surface area contributed by atoms with Crippen LogP contribution in [0.5, 0.6) is 0 Å². The third-order valence-corrected chi connectivity index (χ3v) is 3.47. The van der Waals surface area contributed by atoms with E-state index in [1.807, 2.05) is 23.7 Å². The zero-order valence-corrected chi connectivity index (χ0v) is 12.8. The van der Waals surface area contributed by atoms with Gasteiger partial charge in [-0.25, -0.2) is 0 Å². The lowest BCUT2D eigenvalue weighted by Gasteiger charge is -2.24. The first kappa shape index (κ1) is 15.0. The van der Waals surface area contributed by atoms with Gasteiger partial charge in [0.25, 0.3) is 0 Å². The molecule has 2 N–H and O–H groups in total. The number of para-hydroxylation sites is 1. The van der Waals surface area contributed by atoms with Gasteiger partial charge in [0.15, 0.2) is 0 Å². The standard InChI is InChI=1S/C16H25N3O/c1-5-19-15-9-7-6-8-13(15)14(18-19)10-16(4,20)11-17-12(2)3/h6-9,12,17,20H,5,10-11H2,1-4H3. The lowest BCUT2D eigenvalue weighted by atomic mass is 9.98. The predicted octanol–water partition coefficient (Wildman–Crippen LogP) is 2.35. The molecule has 1 atom stereocenters. The summed E-state index contributed by atoms with van der Waals surface area (Å²) in [5.74, 6) is 0. The van der Waals surface area contributed by atoms with Gasteiger partial charge in [-0.05, 0) is 19.9 Å². The Morgan fingerprint density at radius 2 is 2.05 bits per heavy atom. The number of nitrogens with zero attached hydrogens (tertiary/aromatic N) is 2. The van der Waals surface area contributed by atoms with Gasteiger partial charge in [-0.1, -0.05) is 32.0 Å². The predicted molar refractivity (Wildman–Crippen MR) is 82.9 cm³/mol. The Morgan fingerprint density at radius 3 is 2.70 bits per heavy atom. The molecule has 0 radical (unpaired) electrons. The minimum absolute atomic E-state index is 0.367. The van der Waals surface area contributed by atoms with Crippen molar-refractivity contribution >= 4 is 10.9 Å². The van der Waals surface area contributed by atoms with Crippen LogP contribution in [0.15, 0.2) is 24.3 Å². The van der Waals surface area contributed by atoms with Gasteiger partial charge in [-0.3, -0.25) is 4.68 Å². The van der Waals surface area contributed by atoms with Gasteiger partial charge in [0, 0.05) is 30.9 Å². The number of fused-ring (bicyclic) bond motifs is 1. The Bertz CT molecular complexity index is 572. The second-order valence-corrected chi connectivity index (χ2v) is 5.99. The number of hydrogen-bond acceptors (Lipinski definition) is 3. The second kappa shape index (κ2) is 5.94. The van der Waals surface area contributed by atoms with Crippen LogP contribution in [0.3, 0.4) is 0 Å². The van der Waals surface area contributed by atoms with Crippen LogP contribution in [0.2, 0.25) is 0 Å². The molecule has 0 saturated heterocycles. The van der Waals surface area contributed by atoms with Crippen LogP contribution in [0.4, 0.5) is 0 Å². The molecule has 0 bridgehead atoms. The Hall–Kier alpha value is -1.39. The summed E-state index contributed by atoms with van der Waals surface area (Å²) in [4.78, 5) is 0. The molecule has 1 aromatic carbocycles. The molecule has 2 rings (SSSR count). The van der Waals surface area contributed by atoms with Crippen molar-refractivity contribution in [3.63, 3.8) is 0 Å². The van der Waals surface area contributed by atoms with E-state index in [1.165, 1.54) is 0 Å². The Kier molecular flexibility index (Phi) is 4.45. The monoisotopic (exact) mass is 275 g/mol. The Labute approximate surface area is 120 Å². The van der Waals surface area contributed by atoms with E-state index < -0.39 is 5.60 Å². The molecule has 4 heteroatoms. The zero-order chi connectivity index (χ0) is 14.8. The second-order valence-electron chi connectivity index (χ2n) is 5.99. The number of aryl methyl sites for hydroxylation is 1. The molecule has 0 aliphatic rings. The number of nitrogens with one attached hydrogen (secondary N) is 1. The maximum atomic E-state index is 10.5. The summed E-state index contributed by atoms with van der Waals surface area (Å²) in [6, 6.07) is 8.57. The molecular formula is C16H25N3O. The third kappa shape index (κ3) is 3.38. The number of rotatable bonds is 6. The molecule has 1 unspecified atom stereocenters. The summed E-state index contributed by atoms with van der Waals surface area (Å²) in [5, 5.41) is 19.6. The first-order chi connectivity index (χ1) is 9.43. The van der Waals surface area contributed by atoms with Gasteiger partial charge >= 0.3 is 0 Å². The maximum absolute atomic E-state index is 10.5. The van der Waals surface area contributed by atoms with Crippen molar-refractivity contribution in [3.8, 4) is 0 Å². The molecule has 0 fully saturated rings. The van der Waals surface area contributed by atoms with E-state index in [2.05, 4.69) is 43.3 Å². The van der Waals surface area contributed by atoms with Crippen molar-refractivity contribution in [2.45, 2.75) is 52.3 Å². The van der Waals surface area contributed by atoms with Crippen molar-refractivity contribution in [1.82, 2.24) is 15.1 Å². The van der Waals surface area contributed by atoms with E-state index in [-0.39, 0.29) is 0 Å². The van der Waals surface area contributed by atoms with Gasteiger partial charge < -0.3 is 10.4 Å². The van der Waals surface area contributed by atoms with Crippen LogP contribution in [0.1, 0.15) is 33.4 Å². The van der Waals surface area contributed by atoms with E-state index in [4.69, 9.17) is 0 Å². The van der Waals surface area contributed by atoms with Crippen molar-refractivity contribution < 1.29 is 5.11 Å². The summed E-state index contributed by atoms with van der Waals surface area (Å²) in [5.41, 5.74) is 1.32. The van der Waals surface area contributed by atoms with Gasteiger partial charge in [-0.15, -0.1) is 0 Å². The van der Waals surface area contributed by atoms with E-state index in [0.717, 1.165) is 23.1 Å². The van der Waals surface area contributed by atoms with Crippen molar-refractivity contribution in [3.05, 3.63) is 30.0 Å². The van der Waals surface area contributed by atoms with Gasteiger partial charge in [-0.2, -0.15) is 5.10 Å². The minimum Gasteiger partial charge on any atom is -0.388 e. The van der Waals surface area contributed by atoms with Crippen LogP contribution in [-0.2, 0) is 13.0 Å². The fraction of sp³-hybridized carbons (Fsp3) is 0.562. The molecule has 0 amide bonds. The SMILES string of the molecule is CCn1nc(CC(C)(O)CNC(C)C)c2ccccc21. The maximum Gasteiger partial charge on any atom is 0.0799 e. The molecule has 2 aromatic rings. The van der Waals surface area contributed by atoms with Gasteiger partial charge in [0.1, 0.15) is 0 Å². The number of hydrogen-bond donors (Lipinski definition) is 2. The number of benzene rings is 1. The van der Waals surface area contributed by atoms with Crippen molar-refractivity contribution in [2.75, 3.05) is 6.54 Å². The highest BCUT2D eigenvalue weighted by atomic mass is 16.3. The first-order valence-corrected chi connectivity index (χ1v) is 7.33. The lowest BCUT2D eigenvalue weighted by molar-refractivity contribution is 0.0573. The normalized spacial score (nSPS) is 14.9. The molecule has 4 nitrogen and oxygen atoms in total. The molecule has 1 heterocycles. The van der Waals surface area contributed by atoms with Crippen LogP contribution >= 0.6 is 0 Å². The van der Waals surface area contributed by atoms with Crippen LogP contribution in [0, 0.1) is 0 Å². The highest BCUT2D eigenvalue weighted by molar-refractivity contribution is 5.82. The third-order valence-electron chi connectivity index (χ3n) is 3.47. The summed E-state index contributed by atoms with van der Waals surface area (Å²) >= 11 is 0. The molecule has 0 aliphatic carbocycles. The van der Waals surface area contributed by atoms with Crippen LogP contribution in [-0.4, -0.2) is 33.1 Å². The topological polar surface area (TPSA) is 50.1 Å². The average Bonchev–Trinajstić information content (AvgIpc) is 2.75. The summed E-state index contributed by atoms with van der Waals surface area (Å²) in [6.07, 6.45) is 0.556. The zero-order valence-electron chi connectivity index (χ0n) is 12.8. The largest absolute Gasteiger partial charge is 0.388 e. The Balaban J connectivity index is 2.25. The van der Waals surface area contributed by atoms with Gasteiger partial charge in [0.05, 0.1) is 16.8 Å². The average molecular weight is 275 g/mol. The smallest absolute Gasteiger partial charge is 0.0799 e. The molecule has 0 aliphatic heterocycles. The minimum atomic E-state index is -0.792. The van der Waals surface area contributed by atoms with E-state index >= 15 is 0 Å². The lowest BCUT2D eigenvalue weighted by Crippen LogP contribution is -2.42. The number of aromatic nitrogens is 2. The first-order valence-electron chi connectivity index (χ1n) is 7.33. The highest BCUT2D eigenvalue weighted by Gasteiger charge is 2.24. The summed E-state index contributed by atoms with van der Waals surface area (Å²) in [7, 11) is 0. The fourth-order valence-electron chi connectivity index (χ4n) is 2.42. The quantitative estimate of drug-likeness (QED) is 0.851.